The lowest BCUT2D eigenvalue weighted by Gasteiger charge is -2.16. The Hall–Kier alpha value is -0.650. The molecule has 1 atom stereocenters. The van der Waals surface area contributed by atoms with Gasteiger partial charge in [0.15, 0.2) is 0 Å². The topological polar surface area (TPSA) is 38.0 Å². The molecule has 0 aliphatic carbocycles. The molecule has 1 unspecified atom stereocenters. The first-order valence-electron chi connectivity index (χ1n) is 5.25. The summed E-state index contributed by atoms with van der Waals surface area (Å²) in [6.45, 7) is 0. The van der Waals surface area contributed by atoms with Crippen LogP contribution in [0.25, 0.3) is 0 Å². The van der Waals surface area contributed by atoms with Gasteiger partial charge in [-0.15, -0.1) is 11.3 Å². The van der Waals surface area contributed by atoms with Gasteiger partial charge < -0.3 is 0 Å². The van der Waals surface area contributed by atoms with Crippen LogP contribution in [-0.4, -0.2) is 0 Å². The zero-order chi connectivity index (χ0) is 13.1. The van der Waals surface area contributed by atoms with E-state index >= 15 is 0 Å². The summed E-state index contributed by atoms with van der Waals surface area (Å²) < 4.78 is 14.5. The molecule has 0 saturated heterocycles. The lowest BCUT2D eigenvalue weighted by molar-refractivity contribution is 0.513. The average Bonchev–Trinajstić information content (AvgIpc) is 2.72. The van der Waals surface area contributed by atoms with Gasteiger partial charge in [0.2, 0.25) is 0 Å². The molecule has 0 amide bonds. The largest absolute Gasteiger partial charge is 0.271 e. The van der Waals surface area contributed by atoms with Gasteiger partial charge in [-0.25, -0.2) is 4.39 Å². The Morgan fingerprint density at radius 1 is 1.28 bits per heavy atom. The Balaban J connectivity index is 2.22. The molecule has 3 N–H and O–H groups in total. The van der Waals surface area contributed by atoms with Crippen molar-refractivity contribution in [1.29, 1.82) is 0 Å². The van der Waals surface area contributed by atoms with Crippen LogP contribution >= 0.6 is 34.5 Å². The molecule has 96 valence electrons. The van der Waals surface area contributed by atoms with E-state index in [0.717, 1.165) is 4.88 Å². The summed E-state index contributed by atoms with van der Waals surface area (Å²) in [4.78, 5) is 1.04. The summed E-state index contributed by atoms with van der Waals surface area (Å²) in [7, 11) is 0. The number of hydrazine groups is 1. The van der Waals surface area contributed by atoms with Crippen molar-refractivity contribution in [2.75, 3.05) is 0 Å². The van der Waals surface area contributed by atoms with Gasteiger partial charge in [-0.2, -0.15) is 0 Å². The van der Waals surface area contributed by atoms with Crippen molar-refractivity contribution in [3.63, 3.8) is 0 Å². The molecule has 1 aromatic heterocycles. The van der Waals surface area contributed by atoms with E-state index in [4.69, 9.17) is 29.0 Å². The molecular weight excluding hydrogens is 294 g/mol. The van der Waals surface area contributed by atoms with E-state index in [1.165, 1.54) is 17.4 Å². The van der Waals surface area contributed by atoms with Gasteiger partial charge in [-0.3, -0.25) is 11.3 Å². The Labute approximate surface area is 118 Å². The van der Waals surface area contributed by atoms with Crippen LogP contribution in [0.2, 0.25) is 9.36 Å². The molecule has 0 radical (unpaired) electrons. The van der Waals surface area contributed by atoms with Crippen LogP contribution in [-0.2, 0) is 6.42 Å². The smallest absolute Gasteiger partial charge is 0.129 e. The number of halogens is 3. The van der Waals surface area contributed by atoms with Crippen molar-refractivity contribution in [3.8, 4) is 0 Å². The molecular formula is C12H11Cl2FN2S. The quantitative estimate of drug-likeness (QED) is 0.663. The maximum Gasteiger partial charge on any atom is 0.129 e. The van der Waals surface area contributed by atoms with E-state index < -0.39 is 0 Å². The molecule has 0 bridgehead atoms. The van der Waals surface area contributed by atoms with Gasteiger partial charge in [0.1, 0.15) is 5.82 Å². The maximum atomic E-state index is 13.8. The van der Waals surface area contributed by atoms with Crippen molar-refractivity contribution >= 4 is 34.5 Å². The fraction of sp³-hybridized carbons (Fsp3) is 0.167. The highest BCUT2D eigenvalue weighted by molar-refractivity contribution is 7.16. The predicted octanol–water partition coefficient (Wildman–Crippen LogP) is 3.94. The lowest BCUT2D eigenvalue weighted by atomic mass is 10.0. The van der Waals surface area contributed by atoms with Crippen LogP contribution in [0.4, 0.5) is 4.39 Å². The summed E-state index contributed by atoms with van der Waals surface area (Å²) in [5, 5.41) is 0.367. The third kappa shape index (κ3) is 3.22. The van der Waals surface area contributed by atoms with E-state index in [1.807, 2.05) is 12.1 Å². The van der Waals surface area contributed by atoms with E-state index in [2.05, 4.69) is 5.43 Å². The molecule has 0 aliphatic rings. The van der Waals surface area contributed by atoms with Crippen molar-refractivity contribution in [2.24, 2.45) is 5.84 Å². The fourth-order valence-corrected chi connectivity index (χ4v) is 3.00. The van der Waals surface area contributed by atoms with Crippen LogP contribution in [0.5, 0.6) is 0 Å². The van der Waals surface area contributed by atoms with Gasteiger partial charge in [0.05, 0.1) is 10.4 Å². The summed E-state index contributed by atoms with van der Waals surface area (Å²) in [6, 6.07) is 7.97. The normalized spacial score (nSPS) is 12.7. The molecule has 0 saturated carbocycles. The van der Waals surface area contributed by atoms with Crippen molar-refractivity contribution in [1.82, 2.24) is 5.43 Å². The minimum absolute atomic E-state index is 0.308. The summed E-state index contributed by atoms with van der Waals surface area (Å²) in [6.07, 6.45) is 0.576. The second-order valence-corrected chi connectivity index (χ2v) is 6.03. The highest BCUT2D eigenvalue weighted by Gasteiger charge is 2.16. The lowest BCUT2D eigenvalue weighted by Crippen LogP contribution is -2.30. The van der Waals surface area contributed by atoms with Crippen LogP contribution < -0.4 is 11.3 Å². The van der Waals surface area contributed by atoms with Crippen molar-refractivity contribution < 1.29 is 4.39 Å². The first-order valence-corrected chi connectivity index (χ1v) is 6.82. The number of nitrogens with one attached hydrogen (secondary N) is 1. The molecule has 18 heavy (non-hydrogen) atoms. The van der Waals surface area contributed by atoms with Gasteiger partial charge in [-0.1, -0.05) is 29.3 Å². The second-order valence-electron chi connectivity index (χ2n) is 3.80. The van der Waals surface area contributed by atoms with Crippen molar-refractivity contribution in [2.45, 2.75) is 12.5 Å². The second kappa shape index (κ2) is 5.99. The standard InChI is InChI=1S/C12H11Cl2FN2S/c13-7-1-3-9(10(15)5-7)11(17-16)6-8-2-4-12(14)18-8/h1-5,11,17H,6,16H2. The minimum atomic E-state index is -0.367. The number of rotatable bonds is 4. The van der Waals surface area contributed by atoms with E-state index in [0.29, 0.717) is 21.3 Å². The summed E-state index contributed by atoms with van der Waals surface area (Å²) >= 11 is 13.0. The van der Waals surface area contributed by atoms with Gasteiger partial charge >= 0.3 is 0 Å². The maximum absolute atomic E-state index is 13.8. The first-order chi connectivity index (χ1) is 8.60. The highest BCUT2D eigenvalue weighted by atomic mass is 35.5. The van der Waals surface area contributed by atoms with Crippen LogP contribution in [0.1, 0.15) is 16.5 Å². The molecule has 2 rings (SSSR count). The summed E-state index contributed by atoms with van der Waals surface area (Å²) in [5.41, 5.74) is 3.11. The summed E-state index contributed by atoms with van der Waals surface area (Å²) in [5.74, 6) is 5.12. The zero-order valence-electron chi connectivity index (χ0n) is 9.29. The highest BCUT2D eigenvalue weighted by Crippen LogP contribution is 2.28. The molecule has 1 aromatic carbocycles. The van der Waals surface area contributed by atoms with Gasteiger partial charge in [-0.05, 0) is 24.3 Å². The van der Waals surface area contributed by atoms with E-state index in [9.17, 15) is 4.39 Å². The predicted molar refractivity (Wildman–Crippen MR) is 74.5 cm³/mol. The third-order valence-electron chi connectivity index (χ3n) is 2.57. The third-order valence-corrected chi connectivity index (χ3v) is 4.06. The molecule has 2 aromatic rings. The number of benzene rings is 1. The molecule has 2 nitrogen and oxygen atoms in total. The van der Waals surface area contributed by atoms with Crippen LogP contribution in [0.15, 0.2) is 30.3 Å². The first kappa shape index (κ1) is 13.8. The number of hydrogen-bond donors (Lipinski definition) is 2. The fourth-order valence-electron chi connectivity index (χ4n) is 1.71. The van der Waals surface area contributed by atoms with Gasteiger partial charge in [0, 0.05) is 21.9 Å². The Morgan fingerprint density at radius 2 is 2.06 bits per heavy atom. The van der Waals surface area contributed by atoms with Crippen molar-refractivity contribution in [3.05, 3.63) is 55.9 Å². The SMILES string of the molecule is NNC(Cc1ccc(Cl)s1)c1ccc(Cl)cc1F. The monoisotopic (exact) mass is 304 g/mol. The van der Waals surface area contributed by atoms with E-state index in [-0.39, 0.29) is 11.9 Å². The zero-order valence-corrected chi connectivity index (χ0v) is 11.6. The minimum Gasteiger partial charge on any atom is -0.271 e. The number of nitrogens with two attached hydrogens (primary N) is 1. The van der Waals surface area contributed by atoms with E-state index in [1.54, 1.807) is 12.1 Å². The number of hydrogen-bond acceptors (Lipinski definition) is 3. The molecule has 0 fully saturated rings. The van der Waals surface area contributed by atoms with Gasteiger partial charge in [0.25, 0.3) is 0 Å². The average molecular weight is 305 g/mol. The Kier molecular flexibility index (Phi) is 4.59. The molecule has 6 heteroatoms. The Bertz CT molecular complexity index is 545. The van der Waals surface area contributed by atoms with Crippen LogP contribution in [0, 0.1) is 5.82 Å². The molecule has 1 heterocycles. The number of thiophene rings is 1. The Morgan fingerprint density at radius 3 is 2.61 bits per heavy atom. The molecule has 0 aliphatic heterocycles. The molecule has 0 spiro atoms. The van der Waals surface area contributed by atoms with Crippen LogP contribution in [0.3, 0.4) is 0 Å².